The van der Waals surface area contributed by atoms with Crippen LogP contribution in [0.25, 0.3) is 5.57 Å². The van der Waals surface area contributed by atoms with Crippen LogP contribution in [-0.2, 0) is 4.74 Å². The maximum atomic E-state index is 12.2. The molecule has 2 amide bonds. The molecule has 2 rings (SSSR count). The fraction of sp³-hybridized carbons (Fsp3) is 0.353. The minimum Gasteiger partial charge on any atom is -0.497 e. The molecule has 0 spiro atoms. The van der Waals surface area contributed by atoms with Crippen molar-refractivity contribution in [1.29, 1.82) is 0 Å². The number of methoxy groups -OCH3 is 1. The van der Waals surface area contributed by atoms with Gasteiger partial charge in [-0.25, -0.2) is 14.8 Å². The van der Waals surface area contributed by atoms with E-state index in [4.69, 9.17) is 4.74 Å². The summed E-state index contributed by atoms with van der Waals surface area (Å²) in [6.07, 6.45) is 8.06. The molecule has 122 valence electrons. The average Bonchev–Trinajstić information content (AvgIpc) is 2.60. The molecular weight excluding hydrogens is 292 g/mol. The number of carbonyl (C=O) groups excluding carboxylic acids is 1. The number of hydrogen-bond acceptors (Lipinski definition) is 4. The molecule has 1 aliphatic rings. The summed E-state index contributed by atoms with van der Waals surface area (Å²) >= 11 is 0. The third-order valence-corrected chi connectivity index (χ3v) is 3.65. The molecule has 1 N–H and O–H groups in total. The maximum absolute atomic E-state index is 12.2. The average molecular weight is 314 g/mol. The first-order valence-electron chi connectivity index (χ1n) is 7.60. The Morgan fingerprint density at radius 3 is 2.74 bits per heavy atom. The van der Waals surface area contributed by atoms with Crippen molar-refractivity contribution in [2.75, 3.05) is 25.5 Å². The molecule has 0 unspecified atom stereocenters. The van der Waals surface area contributed by atoms with Crippen LogP contribution in [0.5, 0.6) is 0 Å². The van der Waals surface area contributed by atoms with Crippen LogP contribution < -0.4 is 5.32 Å². The number of ether oxygens (including phenoxy) is 1. The van der Waals surface area contributed by atoms with E-state index in [1.165, 1.54) is 12.7 Å². The van der Waals surface area contributed by atoms with Crippen molar-refractivity contribution in [3.8, 4) is 0 Å². The second-order valence-electron chi connectivity index (χ2n) is 5.21. The second kappa shape index (κ2) is 8.12. The Morgan fingerprint density at radius 1 is 1.35 bits per heavy atom. The Balaban J connectivity index is 2.15. The SMILES string of the molecule is C=C/C=C(\C(=C)OC)c1cc(NC(=O)N2CCCCC2)ncn1. The summed E-state index contributed by atoms with van der Waals surface area (Å²) in [7, 11) is 1.54. The van der Waals surface area contributed by atoms with Crippen LogP contribution >= 0.6 is 0 Å². The first-order chi connectivity index (χ1) is 11.2. The topological polar surface area (TPSA) is 67.3 Å². The lowest BCUT2D eigenvalue weighted by atomic mass is 10.1. The summed E-state index contributed by atoms with van der Waals surface area (Å²) in [4.78, 5) is 22.4. The fourth-order valence-corrected chi connectivity index (χ4v) is 2.41. The summed E-state index contributed by atoms with van der Waals surface area (Å²) in [5, 5.41) is 2.82. The molecule has 0 aliphatic carbocycles. The van der Waals surface area contributed by atoms with Gasteiger partial charge in [-0.3, -0.25) is 5.32 Å². The molecule has 0 radical (unpaired) electrons. The van der Waals surface area contributed by atoms with Gasteiger partial charge in [0.2, 0.25) is 0 Å². The van der Waals surface area contributed by atoms with E-state index in [1.807, 2.05) is 0 Å². The number of urea groups is 1. The zero-order valence-electron chi connectivity index (χ0n) is 13.4. The predicted molar refractivity (Wildman–Crippen MR) is 90.8 cm³/mol. The molecule has 0 bridgehead atoms. The fourth-order valence-electron chi connectivity index (χ4n) is 2.41. The molecule has 1 aliphatic heterocycles. The minimum atomic E-state index is -0.130. The Morgan fingerprint density at radius 2 is 2.09 bits per heavy atom. The van der Waals surface area contributed by atoms with Gasteiger partial charge in [-0.2, -0.15) is 0 Å². The summed E-state index contributed by atoms with van der Waals surface area (Å²) in [6, 6.07) is 1.57. The van der Waals surface area contributed by atoms with E-state index >= 15 is 0 Å². The molecule has 1 saturated heterocycles. The van der Waals surface area contributed by atoms with Crippen LogP contribution in [-0.4, -0.2) is 41.1 Å². The Labute approximate surface area is 136 Å². The number of amides is 2. The van der Waals surface area contributed by atoms with Crippen molar-refractivity contribution >= 4 is 17.4 Å². The smallest absolute Gasteiger partial charge is 0.323 e. The quantitative estimate of drug-likeness (QED) is 0.669. The van der Waals surface area contributed by atoms with E-state index in [2.05, 4.69) is 28.4 Å². The second-order valence-corrected chi connectivity index (χ2v) is 5.21. The largest absolute Gasteiger partial charge is 0.497 e. The van der Waals surface area contributed by atoms with E-state index in [-0.39, 0.29) is 6.03 Å². The summed E-state index contributed by atoms with van der Waals surface area (Å²) in [5.74, 6) is 0.918. The van der Waals surface area contributed by atoms with Crippen molar-refractivity contribution in [3.63, 3.8) is 0 Å². The maximum Gasteiger partial charge on any atom is 0.323 e. The zero-order valence-corrected chi connectivity index (χ0v) is 13.4. The predicted octanol–water partition coefficient (Wildman–Crippen LogP) is 3.22. The molecule has 23 heavy (non-hydrogen) atoms. The van der Waals surface area contributed by atoms with Gasteiger partial charge in [0.15, 0.2) is 0 Å². The Hall–Kier alpha value is -2.63. The van der Waals surface area contributed by atoms with Crippen LogP contribution in [0.1, 0.15) is 25.0 Å². The van der Waals surface area contributed by atoms with Gasteiger partial charge in [-0.15, -0.1) is 0 Å². The number of anilines is 1. The van der Waals surface area contributed by atoms with E-state index < -0.39 is 0 Å². The van der Waals surface area contributed by atoms with Gasteiger partial charge in [0, 0.05) is 24.7 Å². The lowest BCUT2D eigenvalue weighted by Gasteiger charge is -2.26. The number of piperidine rings is 1. The molecule has 1 aromatic heterocycles. The third-order valence-electron chi connectivity index (χ3n) is 3.65. The van der Waals surface area contributed by atoms with Gasteiger partial charge in [0.1, 0.15) is 17.9 Å². The number of allylic oxidation sites excluding steroid dienone is 3. The first kappa shape index (κ1) is 16.7. The highest BCUT2D eigenvalue weighted by molar-refractivity contribution is 5.89. The normalized spacial score (nSPS) is 15.0. The molecular formula is C17H22N4O2. The van der Waals surface area contributed by atoms with Crippen molar-refractivity contribution in [1.82, 2.24) is 14.9 Å². The van der Waals surface area contributed by atoms with Crippen molar-refractivity contribution in [2.24, 2.45) is 0 Å². The van der Waals surface area contributed by atoms with Gasteiger partial charge < -0.3 is 9.64 Å². The van der Waals surface area contributed by atoms with Gasteiger partial charge in [-0.05, 0) is 25.3 Å². The number of nitrogens with zero attached hydrogens (tertiary/aromatic N) is 3. The molecule has 0 saturated carbocycles. The lowest BCUT2D eigenvalue weighted by Crippen LogP contribution is -2.38. The van der Waals surface area contributed by atoms with E-state index in [1.54, 1.807) is 30.2 Å². The van der Waals surface area contributed by atoms with Crippen LogP contribution in [0.4, 0.5) is 10.6 Å². The standard InChI is InChI=1S/C17H22N4O2/c1-4-8-14(13(2)23-3)15-11-16(19-12-18-15)20-17(22)21-9-6-5-7-10-21/h4,8,11-12H,1-2,5-7,9-10H2,3H3,(H,18,19,20,22)/b14-8+. The van der Waals surface area contributed by atoms with Crippen molar-refractivity contribution in [2.45, 2.75) is 19.3 Å². The monoisotopic (exact) mass is 314 g/mol. The Bertz CT molecular complexity index is 619. The highest BCUT2D eigenvalue weighted by Crippen LogP contribution is 2.22. The summed E-state index contributed by atoms with van der Waals surface area (Å²) in [5.41, 5.74) is 1.30. The Kier molecular flexibility index (Phi) is 5.91. The van der Waals surface area contributed by atoms with Crippen LogP contribution in [0.2, 0.25) is 0 Å². The zero-order chi connectivity index (χ0) is 16.7. The van der Waals surface area contributed by atoms with Crippen molar-refractivity contribution in [3.05, 3.63) is 49.2 Å². The molecule has 0 atom stereocenters. The van der Waals surface area contributed by atoms with E-state index in [0.29, 0.717) is 22.8 Å². The summed E-state index contributed by atoms with van der Waals surface area (Å²) in [6.45, 7) is 9.09. The number of rotatable bonds is 5. The van der Waals surface area contributed by atoms with E-state index in [9.17, 15) is 4.79 Å². The third kappa shape index (κ3) is 4.42. The molecule has 0 aromatic carbocycles. The van der Waals surface area contributed by atoms with Crippen molar-refractivity contribution < 1.29 is 9.53 Å². The summed E-state index contributed by atoms with van der Waals surface area (Å²) < 4.78 is 5.17. The first-order valence-corrected chi connectivity index (χ1v) is 7.60. The number of carbonyl (C=O) groups is 1. The van der Waals surface area contributed by atoms with Gasteiger partial charge >= 0.3 is 6.03 Å². The molecule has 6 nitrogen and oxygen atoms in total. The lowest BCUT2D eigenvalue weighted by molar-refractivity contribution is 0.200. The van der Waals surface area contributed by atoms with Crippen LogP contribution in [0, 0.1) is 0 Å². The molecule has 2 heterocycles. The van der Waals surface area contributed by atoms with Gasteiger partial charge in [-0.1, -0.05) is 19.2 Å². The number of nitrogens with one attached hydrogen (secondary N) is 1. The number of likely N-dealkylation sites (tertiary alicyclic amines) is 1. The van der Waals surface area contributed by atoms with Crippen LogP contribution in [0.3, 0.4) is 0 Å². The van der Waals surface area contributed by atoms with Gasteiger partial charge in [0.05, 0.1) is 12.8 Å². The highest BCUT2D eigenvalue weighted by Gasteiger charge is 2.17. The highest BCUT2D eigenvalue weighted by atomic mass is 16.5. The molecule has 1 fully saturated rings. The molecule has 1 aromatic rings. The molecule has 6 heteroatoms. The minimum absolute atomic E-state index is 0.130. The van der Waals surface area contributed by atoms with Crippen LogP contribution in [0.15, 0.2) is 43.5 Å². The number of hydrogen-bond donors (Lipinski definition) is 1. The van der Waals surface area contributed by atoms with E-state index in [0.717, 1.165) is 25.9 Å². The number of aromatic nitrogens is 2. The van der Waals surface area contributed by atoms with Gasteiger partial charge in [0.25, 0.3) is 0 Å².